The Morgan fingerprint density at radius 2 is 1.94 bits per heavy atom. The third-order valence-corrected chi connectivity index (χ3v) is 2.78. The SMILES string of the molecule is Cc1cccc(CN(C)c2ccccc2C#N)n1. The van der Waals surface area contributed by atoms with Gasteiger partial charge in [-0.25, -0.2) is 0 Å². The Morgan fingerprint density at radius 1 is 1.17 bits per heavy atom. The van der Waals surface area contributed by atoms with Crippen molar-refractivity contribution < 1.29 is 0 Å². The van der Waals surface area contributed by atoms with Crippen LogP contribution in [0.1, 0.15) is 17.0 Å². The molecule has 0 atom stereocenters. The van der Waals surface area contributed by atoms with Crippen molar-refractivity contribution in [1.29, 1.82) is 5.26 Å². The minimum atomic E-state index is 0.688. The number of aryl methyl sites for hydroxylation is 1. The zero-order valence-corrected chi connectivity index (χ0v) is 10.6. The Morgan fingerprint density at radius 3 is 2.67 bits per heavy atom. The molecule has 0 aliphatic rings. The lowest BCUT2D eigenvalue weighted by Gasteiger charge is -2.20. The lowest BCUT2D eigenvalue weighted by Crippen LogP contribution is -2.18. The molecule has 1 aromatic heterocycles. The third kappa shape index (κ3) is 2.67. The quantitative estimate of drug-likeness (QED) is 0.824. The number of anilines is 1. The summed E-state index contributed by atoms with van der Waals surface area (Å²) in [6.07, 6.45) is 0. The summed E-state index contributed by atoms with van der Waals surface area (Å²) in [6, 6.07) is 15.8. The van der Waals surface area contributed by atoms with Gasteiger partial charge in [0.05, 0.1) is 23.5 Å². The number of aromatic nitrogens is 1. The van der Waals surface area contributed by atoms with Crippen molar-refractivity contribution in [1.82, 2.24) is 4.98 Å². The number of rotatable bonds is 3. The highest BCUT2D eigenvalue weighted by molar-refractivity contribution is 5.58. The standard InChI is InChI=1S/C15H15N3/c1-12-6-5-8-14(17-12)11-18(2)15-9-4-3-7-13(15)10-16/h3-9H,11H2,1-2H3. The van der Waals surface area contributed by atoms with E-state index in [-0.39, 0.29) is 0 Å². The van der Waals surface area contributed by atoms with E-state index in [1.807, 2.05) is 61.3 Å². The fraction of sp³-hybridized carbons (Fsp3) is 0.200. The third-order valence-electron chi connectivity index (χ3n) is 2.78. The number of hydrogen-bond donors (Lipinski definition) is 0. The second-order valence-corrected chi connectivity index (χ2v) is 4.26. The van der Waals surface area contributed by atoms with E-state index in [4.69, 9.17) is 5.26 Å². The van der Waals surface area contributed by atoms with E-state index in [0.717, 1.165) is 17.1 Å². The molecule has 0 saturated carbocycles. The molecule has 3 nitrogen and oxygen atoms in total. The van der Waals surface area contributed by atoms with Crippen LogP contribution in [0.3, 0.4) is 0 Å². The predicted octanol–water partition coefficient (Wildman–Crippen LogP) is 2.90. The molecule has 0 radical (unpaired) electrons. The van der Waals surface area contributed by atoms with Gasteiger partial charge in [-0.1, -0.05) is 18.2 Å². The lowest BCUT2D eigenvalue weighted by atomic mass is 10.1. The first-order valence-electron chi connectivity index (χ1n) is 5.83. The normalized spacial score (nSPS) is 9.83. The molecule has 0 N–H and O–H groups in total. The molecule has 0 fully saturated rings. The van der Waals surface area contributed by atoms with Gasteiger partial charge in [-0.05, 0) is 31.2 Å². The number of hydrogen-bond acceptors (Lipinski definition) is 3. The second kappa shape index (κ2) is 5.33. The van der Waals surface area contributed by atoms with Crippen molar-refractivity contribution in [3.05, 3.63) is 59.4 Å². The smallest absolute Gasteiger partial charge is 0.101 e. The molecule has 0 saturated heterocycles. The van der Waals surface area contributed by atoms with Crippen LogP contribution in [0, 0.1) is 18.3 Å². The molecule has 0 aliphatic heterocycles. The summed E-state index contributed by atoms with van der Waals surface area (Å²) in [7, 11) is 1.97. The molecule has 0 aliphatic carbocycles. The minimum Gasteiger partial charge on any atom is -0.368 e. The van der Waals surface area contributed by atoms with Crippen molar-refractivity contribution >= 4 is 5.69 Å². The largest absolute Gasteiger partial charge is 0.368 e. The number of nitriles is 1. The number of para-hydroxylation sites is 1. The Hall–Kier alpha value is -2.34. The Kier molecular flexibility index (Phi) is 3.59. The average molecular weight is 237 g/mol. The molecular formula is C15H15N3. The van der Waals surface area contributed by atoms with Crippen LogP contribution in [0.4, 0.5) is 5.69 Å². The Balaban J connectivity index is 2.22. The van der Waals surface area contributed by atoms with Gasteiger partial charge >= 0.3 is 0 Å². The molecule has 0 bridgehead atoms. The van der Waals surface area contributed by atoms with E-state index < -0.39 is 0 Å². The zero-order valence-electron chi connectivity index (χ0n) is 10.6. The van der Waals surface area contributed by atoms with Crippen LogP contribution < -0.4 is 4.90 Å². The molecule has 1 heterocycles. The summed E-state index contributed by atoms with van der Waals surface area (Å²) in [4.78, 5) is 6.51. The van der Waals surface area contributed by atoms with E-state index in [1.165, 1.54) is 0 Å². The molecule has 18 heavy (non-hydrogen) atoms. The van der Waals surface area contributed by atoms with Crippen LogP contribution >= 0.6 is 0 Å². The van der Waals surface area contributed by atoms with E-state index in [0.29, 0.717) is 12.1 Å². The molecule has 2 rings (SSSR count). The number of pyridine rings is 1. The minimum absolute atomic E-state index is 0.688. The summed E-state index contributed by atoms with van der Waals surface area (Å²) in [5.41, 5.74) is 3.63. The summed E-state index contributed by atoms with van der Waals surface area (Å²) in [6.45, 7) is 2.67. The van der Waals surface area contributed by atoms with Crippen LogP contribution in [0.15, 0.2) is 42.5 Å². The average Bonchev–Trinajstić information content (AvgIpc) is 2.38. The summed E-state index contributed by atoms with van der Waals surface area (Å²) < 4.78 is 0. The van der Waals surface area contributed by atoms with Crippen LogP contribution in [0.5, 0.6) is 0 Å². The van der Waals surface area contributed by atoms with Crippen LogP contribution in [-0.4, -0.2) is 12.0 Å². The maximum atomic E-state index is 9.09. The van der Waals surface area contributed by atoms with Crippen molar-refractivity contribution in [3.63, 3.8) is 0 Å². The first-order valence-corrected chi connectivity index (χ1v) is 5.83. The van der Waals surface area contributed by atoms with E-state index in [2.05, 4.69) is 11.1 Å². The highest BCUT2D eigenvalue weighted by atomic mass is 15.1. The predicted molar refractivity (Wildman–Crippen MR) is 72.2 cm³/mol. The zero-order chi connectivity index (χ0) is 13.0. The first-order chi connectivity index (χ1) is 8.70. The van der Waals surface area contributed by atoms with Gasteiger partial charge in [0.15, 0.2) is 0 Å². The first kappa shape index (κ1) is 12.1. The van der Waals surface area contributed by atoms with Gasteiger partial charge in [-0.3, -0.25) is 4.98 Å². The van der Waals surface area contributed by atoms with Gasteiger partial charge in [-0.2, -0.15) is 5.26 Å². The van der Waals surface area contributed by atoms with Crippen LogP contribution in [0.2, 0.25) is 0 Å². The fourth-order valence-electron chi connectivity index (χ4n) is 1.92. The van der Waals surface area contributed by atoms with Crippen molar-refractivity contribution in [2.75, 3.05) is 11.9 Å². The van der Waals surface area contributed by atoms with E-state index >= 15 is 0 Å². The van der Waals surface area contributed by atoms with E-state index in [1.54, 1.807) is 0 Å². The van der Waals surface area contributed by atoms with Gasteiger partial charge in [0.25, 0.3) is 0 Å². The van der Waals surface area contributed by atoms with Gasteiger partial charge in [0.2, 0.25) is 0 Å². The number of benzene rings is 1. The molecule has 0 amide bonds. The highest BCUT2D eigenvalue weighted by Gasteiger charge is 2.07. The van der Waals surface area contributed by atoms with E-state index in [9.17, 15) is 0 Å². The van der Waals surface area contributed by atoms with Crippen molar-refractivity contribution in [2.45, 2.75) is 13.5 Å². The molecule has 0 spiro atoms. The Labute approximate surface area is 107 Å². The van der Waals surface area contributed by atoms with Gasteiger partial charge in [-0.15, -0.1) is 0 Å². The molecule has 0 unspecified atom stereocenters. The lowest BCUT2D eigenvalue weighted by molar-refractivity contribution is 0.875. The Bertz CT molecular complexity index is 584. The topological polar surface area (TPSA) is 39.9 Å². The summed E-state index contributed by atoms with van der Waals surface area (Å²) >= 11 is 0. The maximum absolute atomic E-state index is 9.09. The van der Waals surface area contributed by atoms with Crippen LogP contribution in [-0.2, 0) is 6.54 Å². The van der Waals surface area contributed by atoms with Crippen molar-refractivity contribution in [3.8, 4) is 6.07 Å². The summed E-state index contributed by atoms with van der Waals surface area (Å²) in [5.74, 6) is 0. The molecular weight excluding hydrogens is 222 g/mol. The highest BCUT2D eigenvalue weighted by Crippen LogP contribution is 2.19. The van der Waals surface area contributed by atoms with Crippen molar-refractivity contribution in [2.24, 2.45) is 0 Å². The number of nitrogens with zero attached hydrogens (tertiary/aromatic N) is 3. The van der Waals surface area contributed by atoms with Gasteiger partial charge in [0, 0.05) is 12.7 Å². The molecule has 2 aromatic rings. The molecule has 3 heteroatoms. The van der Waals surface area contributed by atoms with Crippen LogP contribution in [0.25, 0.3) is 0 Å². The second-order valence-electron chi connectivity index (χ2n) is 4.26. The molecule has 90 valence electrons. The van der Waals surface area contributed by atoms with Gasteiger partial charge in [0.1, 0.15) is 6.07 Å². The maximum Gasteiger partial charge on any atom is 0.101 e. The van der Waals surface area contributed by atoms with Gasteiger partial charge < -0.3 is 4.90 Å². The fourth-order valence-corrected chi connectivity index (χ4v) is 1.92. The summed E-state index contributed by atoms with van der Waals surface area (Å²) in [5, 5.41) is 9.09. The monoisotopic (exact) mass is 237 g/mol. The molecule has 1 aromatic carbocycles.